The molecular weight excluding hydrogens is 272 g/mol. The Hall–Kier alpha value is -1.79. The largest absolute Gasteiger partial charge is 0.508 e. The number of aromatic hydroxyl groups is 1. The Bertz CT molecular complexity index is 465. The van der Waals surface area contributed by atoms with Gasteiger partial charge in [-0.15, -0.1) is 0 Å². The molecule has 0 aliphatic carbocycles. The van der Waals surface area contributed by atoms with E-state index in [0.29, 0.717) is 24.5 Å². The second-order valence-electron chi connectivity index (χ2n) is 4.82. The highest BCUT2D eigenvalue weighted by Crippen LogP contribution is 2.28. The van der Waals surface area contributed by atoms with Crippen LogP contribution >= 0.6 is 0 Å². The van der Waals surface area contributed by atoms with E-state index in [1.165, 1.54) is 0 Å². The molecular formula is C15H24N2O4. The lowest BCUT2D eigenvalue weighted by Gasteiger charge is -2.21. The van der Waals surface area contributed by atoms with Gasteiger partial charge in [0.1, 0.15) is 11.5 Å². The van der Waals surface area contributed by atoms with E-state index in [2.05, 4.69) is 10.6 Å². The molecule has 0 radical (unpaired) electrons. The average Bonchev–Trinajstić information content (AvgIpc) is 2.47. The SMILES string of the molecule is COCCNC(=O)C(C)NC(C)c1cc(OC)ccc1O. The van der Waals surface area contributed by atoms with Gasteiger partial charge in [0, 0.05) is 25.3 Å². The number of hydrogen-bond donors (Lipinski definition) is 3. The van der Waals surface area contributed by atoms with Crippen LogP contribution in [0.2, 0.25) is 0 Å². The summed E-state index contributed by atoms with van der Waals surface area (Å²) in [7, 11) is 3.15. The van der Waals surface area contributed by atoms with Crippen LogP contribution in [0.15, 0.2) is 18.2 Å². The van der Waals surface area contributed by atoms with Crippen molar-refractivity contribution in [1.29, 1.82) is 0 Å². The first-order valence-electron chi connectivity index (χ1n) is 6.89. The lowest BCUT2D eigenvalue weighted by molar-refractivity contribution is -0.123. The summed E-state index contributed by atoms with van der Waals surface area (Å²) in [6, 6.07) is 4.44. The number of carbonyl (C=O) groups excluding carboxylic acids is 1. The molecule has 0 aliphatic rings. The number of carbonyl (C=O) groups is 1. The number of phenolic OH excluding ortho intramolecular Hbond substituents is 1. The minimum Gasteiger partial charge on any atom is -0.508 e. The third-order valence-corrected chi connectivity index (χ3v) is 3.20. The lowest BCUT2D eigenvalue weighted by Crippen LogP contribution is -2.44. The van der Waals surface area contributed by atoms with Crippen LogP contribution in [0.3, 0.4) is 0 Å². The number of nitrogens with one attached hydrogen (secondary N) is 2. The Morgan fingerprint density at radius 3 is 2.67 bits per heavy atom. The summed E-state index contributed by atoms with van der Waals surface area (Å²) in [6.07, 6.45) is 0. The number of hydrogen-bond acceptors (Lipinski definition) is 5. The zero-order chi connectivity index (χ0) is 15.8. The number of rotatable bonds is 8. The highest BCUT2D eigenvalue weighted by molar-refractivity contribution is 5.81. The van der Waals surface area contributed by atoms with Crippen molar-refractivity contribution in [2.45, 2.75) is 25.9 Å². The summed E-state index contributed by atoms with van der Waals surface area (Å²) in [5.74, 6) is 0.720. The van der Waals surface area contributed by atoms with Crippen LogP contribution in [0.25, 0.3) is 0 Å². The van der Waals surface area contributed by atoms with E-state index in [1.54, 1.807) is 39.3 Å². The van der Waals surface area contributed by atoms with Crippen molar-refractivity contribution in [3.63, 3.8) is 0 Å². The van der Waals surface area contributed by atoms with Gasteiger partial charge in [-0.2, -0.15) is 0 Å². The topological polar surface area (TPSA) is 79.8 Å². The first kappa shape index (κ1) is 17.3. The maximum absolute atomic E-state index is 11.9. The van der Waals surface area contributed by atoms with Crippen LogP contribution in [0.5, 0.6) is 11.5 Å². The Balaban J connectivity index is 2.63. The quantitative estimate of drug-likeness (QED) is 0.628. The summed E-state index contributed by atoms with van der Waals surface area (Å²) < 4.78 is 10.0. The molecule has 1 aromatic rings. The second kappa shape index (κ2) is 8.49. The first-order valence-corrected chi connectivity index (χ1v) is 6.89. The van der Waals surface area contributed by atoms with Crippen molar-refractivity contribution in [3.05, 3.63) is 23.8 Å². The maximum Gasteiger partial charge on any atom is 0.236 e. The molecule has 0 heterocycles. The zero-order valence-corrected chi connectivity index (χ0v) is 13.0. The Morgan fingerprint density at radius 1 is 1.33 bits per heavy atom. The number of ether oxygens (including phenoxy) is 2. The summed E-state index contributed by atoms with van der Waals surface area (Å²) in [4.78, 5) is 11.9. The van der Waals surface area contributed by atoms with E-state index in [9.17, 15) is 9.90 Å². The van der Waals surface area contributed by atoms with Gasteiger partial charge in [0.25, 0.3) is 0 Å². The smallest absolute Gasteiger partial charge is 0.236 e. The van der Waals surface area contributed by atoms with Crippen molar-refractivity contribution in [1.82, 2.24) is 10.6 Å². The monoisotopic (exact) mass is 296 g/mol. The third-order valence-electron chi connectivity index (χ3n) is 3.20. The van der Waals surface area contributed by atoms with Crippen LogP contribution in [0.4, 0.5) is 0 Å². The fourth-order valence-electron chi connectivity index (χ4n) is 1.98. The van der Waals surface area contributed by atoms with Gasteiger partial charge in [-0.1, -0.05) is 0 Å². The van der Waals surface area contributed by atoms with Crippen LogP contribution in [0.1, 0.15) is 25.5 Å². The molecule has 0 fully saturated rings. The molecule has 0 aliphatic heterocycles. The van der Waals surface area contributed by atoms with Crippen LogP contribution < -0.4 is 15.4 Å². The van der Waals surface area contributed by atoms with Crippen molar-refractivity contribution < 1.29 is 19.4 Å². The Kier molecular flexibility index (Phi) is 6.98. The van der Waals surface area contributed by atoms with Crippen molar-refractivity contribution >= 4 is 5.91 Å². The second-order valence-corrected chi connectivity index (χ2v) is 4.82. The fraction of sp³-hybridized carbons (Fsp3) is 0.533. The fourth-order valence-corrected chi connectivity index (χ4v) is 1.98. The van der Waals surface area contributed by atoms with E-state index in [1.807, 2.05) is 6.92 Å². The van der Waals surface area contributed by atoms with Gasteiger partial charge in [0.05, 0.1) is 19.8 Å². The normalized spacial score (nSPS) is 13.5. The van der Waals surface area contributed by atoms with Crippen molar-refractivity contribution in [2.75, 3.05) is 27.4 Å². The molecule has 6 nitrogen and oxygen atoms in total. The molecule has 3 N–H and O–H groups in total. The number of methoxy groups -OCH3 is 2. The summed E-state index contributed by atoms with van der Waals surface area (Å²) >= 11 is 0. The molecule has 0 spiro atoms. The molecule has 6 heteroatoms. The van der Waals surface area contributed by atoms with Gasteiger partial charge < -0.3 is 19.9 Å². The molecule has 1 rings (SSSR count). The van der Waals surface area contributed by atoms with E-state index in [-0.39, 0.29) is 23.7 Å². The van der Waals surface area contributed by atoms with Gasteiger partial charge in [0.15, 0.2) is 0 Å². The van der Waals surface area contributed by atoms with Crippen molar-refractivity contribution in [3.8, 4) is 11.5 Å². The Morgan fingerprint density at radius 2 is 2.05 bits per heavy atom. The van der Waals surface area contributed by atoms with Crippen molar-refractivity contribution in [2.24, 2.45) is 0 Å². The molecule has 21 heavy (non-hydrogen) atoms. The molecule has 118 valence electrons. The molecule has 0 bridgehead atoms. The van der Waals surface area contributed by atoms with E-state index >= 15 is 0 Å². The zero-order valence-electron chi connectivity index (χ0n) is 13.0. The molecule has 1 aromatic carbocycles. The number of amides is 1. The highest BCUT2D eigenvalue weighted by atomic mass is 16.5. The van der Waals surface area contributed by atoms with E-state index in [4.69, 9.17) is 9.47 Å². The van der Waals surface area contributed by atoms with Gasteiger partial charge in [0.2, 0.25) is 5.91 Å². The molecule has 0 saturated heterocycles. The molecule has 1 amide bonds. The number of benzene rings is 1. The van der Waals surface area contributed by atoms with Gasteiger partial charge >= 0.3 is 0 Å². The van der Waals surface area contributed by atoms with Gasteiger partial charge in [-0.25, -0.2) is 0 Å². The predicted molar refractivity (Wildman–Crippen MR) is 80.6 cm³/mol. The minimum atomic E-state index is -0.387. The van der Waals surface area contributed by atoms with Gasteiger partial charge in [-0.3, -0.25) is 10.1 Å². The van der Waals surface area contributed by atoms with Crippen LogP contribution in [-0.4, -0.2) is 44.4 Å². The Labute approximate surface area is 125 Å². The third kappa shape index (κ3) is 5.24. The summed E-state index contributed by atoms with van der Waals surface area (Å²) in [6.45, 7) is 4.61. The summed E-state index contributed by atoms with van der Waals surface area (Å²) in [5, 5.41) is 15.8. The van der Waals surface area contributed by atoms with Gasteiger partial charge in [-0.05, 0) is 32.0 Å². The number of phenols is 1. The first-order chi connectivity index (χ1) is 9.99. The van der Waals surface area contributed by atoms with Crippen LogP contribution in [-0.2, 0) is 9.53 Å². The summed E-state index contributed by atoms with van der Waals surface area (Å²) in [5.41, 5.74) is 0.686. The van der Waals surface area contributed by atoms with Crippen LogP contribution in [0, 0.1) is 0 Å². The standard InChI is InChI=1S/C15H24N2O4/c1-10(13-9-12(21-4)5-6-14(13)18)17-11(2)15(19)16-7-8-20-3/h5-6,9-11,17-18H,7-8H2,1-4H3,(H,16,19). The predicted octanol–water partition coefficient (Wildman–Crippen LogP) is 1.20. The lowest BCUT2D eigenvalue weighted by atomic mass is 10.1. The average molecular weight is 296 g/mol. The highest BCUT2D eigenvalue weighted by Gasteiger charge is 2.18. The van der Waals surface area contributed by atoms with E-state index in [0.717, 1.165) is 0 Å². The molecule has 0 aromatic heterocycles. The molecule has 2 atom stereocenters. The maximum atomic E-state index is 11.9. The molecule has 2 unspecified atom stereocenters. The van der Waals surface area contributed by atoms with E-state index < -0.39 is 0 Å². The molecule has 0 saturated carbocycles. The minimum absolute atomic E-state index is 0.110.